The molecule has 4 nitrogen and oxygen atoms in total. The van der Waals surface area contributed by atoms with Gasteiger partial charge in [0.1, 0.15) is 0 Å². The molecule has 7 rings (SSSR count). The average Bonchev–Trinajstić information content (AvgIpc) is 3.45. The van der Waals surface area contributed by atoms with Gasteiger partial charge in [0.15, 0.2) is 5.82 Å². The van der Waals surface area contributed by atoms with Crippen LogP contribution in [0.15, 0.2) is 121 Å². The van der Waals surface area contributed by atoms with Gasteiger partial charge in [0.2, 0.25) is 0 Å². The molecule has 0 spiro atoms. The van der Waals surface area contributed by atoms with Crippen molar-refractivity contribution in [2.75, 3.05) is 0 Å². The smallest absolute Gasteiger partial charge is 0.159 e. The average molecular weight is 587 g/mol. The van der Waals surface area contributed by atoms with Crippen molar-refractivity contribution in [3.63, 3.8) is 0 Å². The highest BCUT2D eigenvalue weighted by atomic mass is 15.0. The molecule has 0 N–H and O–H groups in total. The van der Waals surface area contributed by atoms with Crippen molar-refractivity contribution in [2.45, 2.75) is 52.4 Å². The molecule has 2 unspecified atom stereocenters. The SMILES string of the molecule is CCC(C)c1nc(-c2cc(-c3ccccn3)cc(-n3c4ccccc4c4ccccc43)c2)nc(C(C)CC)c1-c1ccccc1. The third-order valence-electron chi connectivity index (χ3n) is 9.16. The van der Waals surface area contributed by atoms with E-state index in [2.05, 4.69) is 135 Å². The van der Waals surface area contributed by atoms with Crippen LogP contribution in [0.2, 0.25) is 0 Å². The zero-order valence-corrected chi connectivity index (χ0v) is 26.4. The van der Waals surface area contributed by atoms with Crippen molar-refractivity contribution >= 4 is 21.8 Å². The topological polar surface area (TPSA) is 43.6 Å². The van der Waals surface area contributed by atoms with Gasteiger partial charge in [0.05, 0.1) is 28.1 Å². The summed E-state index contributed by atoms with van der Waals surface area (Å²) in [6.07, 6.45) is 3.85. The number of para-hydroxylation sites is 2. The molecule has 0 aliphatic carbocycles. The summed E-state index contributed by atoms with van der Waals surface area (Å²) in [7, 11) is 0. The molecule has 0 aliphatic heterocycles. The lowest BCUT2D eigenvalue weighted by molar-refractivity contribution is 0.677. The number of hydrogen-bond acceptors (Lipinski definition) is 3. The van der Waals surface area contributed by atoms with E-state index in [-0.39, 0.29) is 11.8 Å². The molecule has 0 amide bonds. The maximum absolute atomic E-state index is 5.41. The predicted molar refractivity (Wildman–Crippen MR) is 188 cm³/mol. The standard InChI is InChI=1S/C41H38N4/c1-5-27(3)39-38(29-16-8-7-9-17-29)40(28(4)6-2)44-41(43-39)31-24-30(35-20-14-15-23-42-35)25-32(26-31)45-36-21-12-10-18-33(36)34-19-11-13-22-37(34)45/h7-28H,5-6H2,1-4H3. The zero-order valence-electron chi connectivity index (χ0n) is 26.4. The molecule has 3 heterocycles. The minimum Gasteiger partial charge on any atom is -0.309 e. The van der Waals surface area contributed by atoms with Crippen molar-refractivity contribution in [1.82, 2.24) is 19.5 Å². The van der Waals surface area contributed by atoms with Gasteiger partial charge >= 0.3 is 0 Å². The van der Waals surface area contributed by atoms with Gasteiger partial charge in [0, 0.05) is 39.3 Å². The van der Waals surface area contributed by atoms with E-state index in [0.717, 1.165) is 52.6 Å². The molecule has 2 atom stereocenters. The van der Waals surface area contributed by atoms with E-state index in [0.29, 0.717) is 0 Å². The van der Waals surface area contributed by atoms with Crippen molar-refractivity contribution in [2.24, 2.45) is 0 Å². The van der Waals surface area contributed by atoms with Crippen LogP contribution in [0.1, 0.15) is 63.8 Å². The Hall–Kier alpha value is -5.09. The summed E-state index contributed by atoms with van der Waals surface area (Å²) in [5.41, 5.74) is 11.0. The molecule has 0 radical (unpaired) electrons. The molecule has 45 heavy (non-hydrogen) atoms. The summed E-state index contributed by atoms with van der Waals surface area (Å²) in [6.45, 7) is 9.05. The molecule has 0 saturated heterocycles. The molecule has 0 saturated carbocycles. The van der Waals surface area contributed by atoms with Crippen molar-refractivity contribution in [1.29, 1.82) is 0 Å². The summed E-state index contributed by atoms with van der Waals surface area (Å²) in [5.74, 6) is 1.32. The maximum atomic E-state index is 5.41. The Balaban J connectivity index is 1.54. The second kappa shape index (κ2) is 12.1. The van der Waals surface area contributed by atoms with E-state index in [1.807, 2.05) is 18.3 Å². The molecular weight excluding hydrogens is 548 g/mol. The molecule has 4 heteroatoms. The summed E-state index contributed by atoms with van der Waals surface area (Å²) < 4.78 is 2.37. The van der Waals surface area contributed by atoms with Crippen molar-refractivity contribution in [3.05, 3.63) is 133 Å². The third-order valence-corrected chi connectivity index (χ3v) is 9.16. The Morgan fingerprint density at radius 3 is 1.71 bits per heavy atom. The number of aromatic nitrogens is 4. The second-order valence-corrected chi connectivity index (χ2v) is 12.0. The highest BCUT2D eigenvalue weighted by molar-refractivity contribution is 6.09. The summed E-state index contributed by atoms with van der Waals surface area (Å²) in [5, 5.41) is 2.47. The van der Waals surface area contributed by atoms with Gasteiger partial charge < -0.3 is 4.57 Å². The fourth-order valence-corrected chi connectivity index (χ4v) is 6.38. The number of benzene rings is 4. The van der Waals surface area contributed by atoms with E-state index in [9.17, 15) is 0 Å². The van der Waals surface area contributed by atoms with Crippen LogP contribution in [-0.2, 0) is 0 Å². The molecule has 3 aromatic heterocycles. The second-order valence-electron chi connectivity index (χ2n) is 12.0. The Morgan fingerprint density at radius 2 is 1.13 bits per heavy atom. The van der Waals surface area contributed by atoms with Crippen LogP contribution in [0.25, 0.3) is 61.3 Å². The largest absolute Gasteiger partial charge is 0.309 e. The number of rotatable bonds is 8. The normalized spacial score (nSPS) is 12.9. The number of pyridine rings is 1. The fraction of sp³-hybridized carbons (Fsp3) is 0.195. The summed E-state index contributed by atoms with van der Waals surface area (Å²) >= 11 is 0. The van der Waals surface area contributed by atoms with E-state index in [1.165, 1.54) is 32.9 Å². The molecule has 222 valence electrons. The number of fused-ring (bicyclic) bond motifs is 3. The monoisotopic (exact) mass is 586 g/mol. The van der Waals surface area contributed by atoms with Gasteiger partial charge in [-0.2, -0.15) is 0 Å². The first kappa shape index (κ1) is 28.7. The van der Waals surface area contributed by atoms with Gasteiger partial charge in [-0.1, -0.05) is 100 Å². The number of hydrogen-bond donors (Lipinski definition) is 0. The molecule has 4 aromatic carbocycles. The number of nitrogens with zero attached hydrogens (tertiary/aromatic N) is 4. The Kier molecular flexibility index (Phi) is 7.72. The lowest BCUT2D eigenvalue weighted by atomic mass is 9.88. The van der Waals surface area contributed by atoms with Crippen LogP contribution >= 0.6 is 0 Å². The van der Waals surface area contributed by atoms with E-state index in [4.69, 9.17) is 15.0 Å². The van der Waals surface area contributed by atoms with Crippen LogP contribution in [0, 0.1) is 0 Å². The Bertz CT molecular complexity index is 2030. The van der Waals surface area contributed by atoms with Crippen LogP contribution < -0.4 is 0 Å². The van der Waals surface area contributed by atoms with Crippen LogP contribution in [0.5, 0.6) is 0 Å². The first-order valence-electron chi connectivity index (χ1n) is 16.1. The fourth-order valence-electron chi connectivity index (χ4n) is 6.38. The lowest BCUT2D eigenvalue weighted by Crippen LogP contribution is -2.10. The van der Waals surface area contributed by atoms with Crippen LogP contribution in [-0.4, -0.2) is 19.5 Å². The van der Waals surface area contributed by atoms with Gasteiger partial charge in [-0.25, -0.2) is 9.97 Å². The van der Waals surface area contributed by atoms with Gasteiger partial charge in [-0.15, -0.1) is 0 Å². The zero-order chi connectivity index (χ0) is 30.9. The molecule has 0 fully saturated rings. The summed E-state index contributed by atoms with van der Waals surface area (Å²) in [4.78, 5) is 15.6. The first-order valence-corrected chi connectivity index (χ1v) is 16.1. The molecule has 0 aliphatic rings. The highest BCUT2D eigenvalue weighted by Gasteiger charge is 2.24. The lowest BCUT2D eigenvalue weighted by Gasteiger charge is -2.22. The maximum Gasteiger partial charge on any atom is 0.159 e. The Labute approximate surface area is 265 Å². The quantitative estimate of drug-likeness (QED) is 0.178. The van der Waals surface area contributed by atoms with Crippen molar-refractivity contribution in [3.8, 4) is 39.5 Å². The first-order chi connectivity index (χ1) is 22.1. The molecular formula is C41H38N4. The van der Waals surface area contributed by atoms with Crippen LogP contribution in [0.3, 0.4) is 0 Å². The summed E-state index contributed by atoms with van der Waals surface area (Å²) in [6, 6.07) is 40.7. The highest BCUT2D eigenvalue weighted by Crippen LogP contribution is 2.39. The minimum atomic E-state index is 0.278. The Morgan fingerprint density at radius 1 is 0.578 bits per heavy atom. The van der Waals surface area contributed by atoms with Crippen LogP contribution in [0.4, 0.5) is 0 Å². The van der Waals surface area contributed by atoms with Gasteiger partial charge in [-0.05, 0) is 72.7 Å². The predicted octanol–water partition coefficient (Wildman–Crippen LogP) is 11.0. The van der Waals surface area contributed by atoms with Gasteiger partial charge in [-0.3, -0.25) is 4.98 Å². The van der Waals surface area contributed by atoms with Crippen molar-refractivity contribution < 1.29 is 0 Å². The van der Waals surface area contributed by atoms with E-state index in [1.54, 1.807) is 0 Å². The molecule has 7 aromatic rings. The molecule has 0 bridgehead atoms. The van der Waals surface area contributed by atoms with E-state index >= 15 is 0 Å². The minimum absolute atomic E-state index is 0.278. The van der Waals surface area contributed by atoms with E-state index < -0.39 is 0 Å². The third kappa shape index (κ3) is 5.21. The van der Waals surface area contributed by atoms with Gasteiger partial charge in [0.25, 0.3) is 0 Å².